The molecule has 0 unspecified atom stereocenters. The van der Waals surface area contributed by atoms with Gasteiger partial charge >= 0.3 is 0 Å². The molecule has 0 aliphatic carbocycles. The molecule has 1 heterocycles. The van der Waals surface area contributed by atoms with Gasteiger partial charge in [0, 0.05) is 38.5 Å². The maximum Gasteiger partial charge on any atom is 0.0640 e. The number of aromatic nitrogens is 1. The van der Waals surface area contributed by atoms with Gasteiger partial charge in [0.1, 0.15) is 0 Å². The van der Waals surface area contributed by atoms with Crippen molar-refractivity contribution in [2.75, 3.05) is 4.90 Å². The highest BCUT2D eigenvalue weighted by Gasteiger charge is 2.26. The molecule has 0 N–H and O–H groups in total. The van der Waals surface area contributed by atoms with E-state index >= 15 is 0 Å². The molecule has 0 radical (unpaired) electrons. The highest BCUT2D eigenvalue weighted by Crippen LogP contribution is 2.50. The van der Waals surface area contributed by atoms with Crippen LogP contribution >= 0.6 is 0 Å². The van der Waals surface area contributed by atoms with Gasteiger partial charge in [-0.25, -0.2) is 0 Å². The molecule has 0 bridgehead atoms. The minimum Gasteiger partial charge on any atom is -0.309 e. The monoisotopic (exact) mass is 712 g/mol. The van der Waals surface area contributed by atoms with E-state index < -0.39 is 0 Å². The summed E-state index contributed by atoms with van der Waals surface area (Å²) in [6, 6.07) is 79.6. The molecule has 11 rings (SSSR count). The SMILES string of the molecule is c1ccc(-c2ccc(N(c3cc4ccccc4c4ccccc34)c3cc4ccccc4c4c3c3cccc(-c5ccccc5)c3n4-c3ccccc3)cc2)cc1. The van der Waals surface area contributed by atoms with Gasteiger partial charge in [-0.05, 0) is 74.6 Å². The van der Waals surface area contributed by atoms with Crippen LogP contribution in [0.15, 0.2) is 218 Å². The molecule has 0 spiro atoms. The molecule has 10 aromatic carbocycles. The predicted molar refractivity (Wildman–Crippen MR) is 239 cm³/mol. The molecule has 0 fully saturated rings. The predicted octanol–water partition coefficient (Wildman–Crippen LogP) is 15.0. The third kappa shape index (κ3) is 5.11. The summed E-state index contributed by atoms with van der Waals surface area (Å²) in [4.78, 5) is 2.52. The summed E-state index contributed by atoms with van der Waals surface area (Å²) in [6.07, 6.45) is 0. The summed E-state index contributed by atoms with van der Waals surface area (Å²) < 4.78 is 2.51. The molecular formula is C54H36N2. The van der Waals surface area contributed by atoms with E-state index in [9.17, 15) is 0 Å². The van der Waals surface area contributed by atoms with Crippen LogP contribution < -0.4 is 4.90 Å². The smallest absolute Gasteiger partial charge is 0.0640 e. The van der Waals surface area contributed by atoms with Crippen LogP contribution in [0.3, 0.4) is 0 Å². The van der Waals surface area contributed by atoms with Crippen molar-refractivity contribution >= 4 is 71.2 Å². The average molecular weight is 713 g/mol. The highest BCUT2D eigenvalue weighted by molar-refractivity contribution is 6.27. The van der Waals surface area contributed by atoms with Crippen LogP contribution in [0.4, 0.5) is 17.1 Å². The molecule has 2 nitrogen and oxygen atoms in total. The lowest BCUT2D eigenvalue weighted by Gasteiger charge is -2.29. The fourth-order valence-corrected chi connectivity index (χ4v) is 8.83. The van der Waals surface area contributed by atoms with Gasteiger partial charge in [0.25, 0.3) is 0 Å². The van der Waals surface area contributed by atoms with Gasteiger partial charge in [-0.2, -0.15) is 0 Å². The number of hydrogen-bond donors (Lipinski definition) is 0. The third-order valence-electron chi connectivity index (χ3n) is 11.3. The Kier molecular flexibility index (Phi) is 7.53. The summed E-state index contributed by atoms with van der Waals surface area (Å²) in [7, 11) is 0. The Morgan fingerprint density at radius 3 is 1.55 bits per heavy atom. The van der Waals surface area contributed by atoms with E-state index in [-0.39, 0.29) is 0 Å². The molecule has 0 amide bonds. The Balaban J connectivity index is 1.32. The number of hydrogen-bond acceptors (Lipinski definition) is 1. The van der Waals surface area contributed by atoms with Gasteiger partial charge in [-0.15, -0.1) is 0 Å². The zero-order valence-electron chi connectivity index (χ0n) is 30.7. The summed E-state index contributed by atoms with van der Waals surface area (Å²) in [5, 5.41) is 9.73. The summed E-state index contributed by atoms with van der Waals surface area (Å²) in [5.74, 6) is 0. The fourth-order valence-electron chi connectivity index (χ4n) is 8.83. The molecule has 0 atom stereocenters. The largest absolute Gasteiger partial charge is 0.309 e. The van der Waals surface area contributed by atoms with E-state index in [1.165, 1.54) is 76.4 Å². The highest BCUT2D eigenvalue weighted by atomic mass is 15.1. The molecule has 1 aromatic heterocycles. The van der Waals surface area contributed by atoms with Crippen LogP contribution in [0.1, 0.15) is 0 Å². The van der Waals surface area contributed by atoms with Gasteiger partial charge < -0.3 is 9.47 Å². The Morgan fingerprint density at radius 2 is 0.839 bits per heavy atom. The molecule has 0 aliphatic rings. The van der Waals surface area contributed by atoms with E-state index in [1.54, 1.807) is 0 Å². The number of fused-ring (bicyclic) bond motifs is 8. The van der Waals surface area contributed by atoms with Crippen molar-refractivity contribution in [3.8, 4) is 27.9 Å². The Hall–Kier alpha value is -7.42. The van der Waals surface area contributed by atoms with Gasteiger partial charge in [-0.1, -0.05) is 182 Å². The Labute approximate surface area is 325 Å². The van der Waals surface area contributed by atoms with Crippen molar-refractivity contribution in [1.82, 2.24) is 4.57 Å². The van der Waals surface area contributed by atoms with Gasteiger partial charge in [-0.3, -0.25) is 0 Å². The van der Waals surface area contributed by atoms with Crippen molar-refractivity contribution in [3.63, 3.8) is 0 Å². The second-order valence-corrected chi connectivity index (χ2v) is 14.5. The number of rotatable bonds is 6. The molecular weight excluding hydrogens is 677 g/mol. The quantitative estimate of drug-likeness (QED) is 0.156. The number of anilines is 3. The summed E-state index contributed by atoms with van der Waals surface area (Å²) >= 11 is 0. The number of benzene rings is 10. The summed E-state index contributed by atoms with van der Waals surface area (Å²) in [6.45, 7) is 0. The molecule has 0 saturated carbocycles. The lowest BCUT2D eigenvalue weighted by Crippen LogP contribution is -2.11. The Bertz CT molecular complexity index is 3220. The first-order valence-electron chi connectivity index (χ1n) is 19.3. The lowest BCUT2D eigenvalue weighted by molar-refractivity contribution is 1.19. The molecule has 0 aliphatic heterocycles. The number of nitrogens with zero attached hydrogens (tertiary/aromatic N) is 2. The second-order valence-electron chi connectivity index (χ2n) is 14.5. The summed E-state index contributed by atoms with van der Waals surface area (Å²) in [5.41, 5.74) is 11.7. The van der Waals surface area contributed by atoms with Crippen molar-refractivity contribution < 1.29 is 0 Å². The van der Waals surface area contributed by atoms with E-state index in [0.717, 1.165) is 22.7 Å². The van der Waals surface area contributed by atoms with Crippen LogP contribution in [0.25, 0.3) is 82.1 Å². The molecule has 11 aromatic rings. The van der Waals surface area contributed by atoms with Crippen LogP contribution in [0, 0.1) is 0 Å². The van der Waals surface area contributed by atoms with Crippen molar-refractivity contribution in [3.05, 3.63) is 218 Å². The molecule has 262 valence electrons. The standard InChI is InChI=1S/C54H36N2/c1-4-17-37(18-5-1)38-31-33-43(34-32-38)55(50-35-40-21-10-12-25-44(40)47-27-14-15-28-48(47)50)51-36-41-22-11-13-26-46(41)54-52(51)49-30-16-29-45(39-19-6-2-7-20-39)53(49)56(54)42-23-8-3-9-24-42/h1-36H. The third-order valence-corrected chi connectivity index (χ3v) is 11.3. The zero-order valence-corrected chi connectivity index (χ0v) is 30.7. The molecule has 2 heteroatoms. The molecule has 56 heavy (non-hydrogen) atoms. The van der Waals surface area contributed by atoms with E-state index in [0.29, 0.717) is 0 Å². The first-order valence-corrected chi connectivity index (χ1v) is 19.3. The average Bonchev–Trinajstić information content (AvgIpc) is 3.64. The Morgan fingerprint density at radius 1 is 0.321 bits per heavy atom. The molecule has 0 saturated heterocycles. The number of para-hydroxylation sites is 2. The van der Waals surface area contributed by atoms with Crippen LogP contribution in [0.5, 0.6) is 0 Å². The minimum absolute atomic E-state index is 1.10. The van der Waals surface area contributed by atoms with Gasteiger partial charge in [0.2, 0.25) is 0 Å². The first kappa shape index (κ1) is 32.0. The fraction of sp³-hybridized carbons (Fsp3) is 0. The van der Waals surface area contributed by atoms with Gasteiger partial charge in [0.15, 0.2) is 0 Å². The van der Waals surface area contributed by atoms with Crippen molar-refractivity contribution in [2.45, 2.75) is 0 Å². The van der Waals surface area contributed by atoms with Crippen LogP contribution in [0.2, 0.25) is 0 Å². The zero-order chi connectivity index (χ0) is 37.0. The maximum absolute atomic E-state index is 2.52. The lowest BCUT2D eigenvalue weighted by atomic mass is 9.96. The second kappa shape index (κ2) is 13.2. The van der Waals surface area contributed by atoms with Crippen molar-refractivity contribution in [1.29, 1.82) is 0 Å². The topological polar surface area (TPSA) is 8.17 Å². The van der Waals surface area contributed by atoms with E-state index in [2.05, 4.69) is 228 Å². The van der Waals surface area contributed by atoms with Crippen molar-refractivity contribution in [2.24, 2.45) is 0 Å². The van der Waals surface area contributed by atoms with Crippen LogP contribution in [-0.4, -0.2) is 4.57 Å². The maximum atomic E-state index is 2.52. The van der Waals surface area contributed by atoms with Gasteiger partial charge in [0.05, 0.1) is 22.4 Å². The van der Waals surface area contributed by atoms with Crippen LogP contribution in [-0.2, 0) is 0 Å². The van der Waals surface area contributed by atoms with E-state index in [4.69, 9.17) is 0 Å². The first-order chi connectivity index (χ1) is 27.8. The minimum atomic E-state index is 1.10. The normalized spacial score (nSPS) is 11.6. The van der Waals surface area contributed by atoms with E-state index in [1.807, 2.05) is 0 Å².